The molecule has 1 aromatic heterocycles. The lowest BCUT2D eigenvalue weighted by molar-refractivity contribution is 0.628. The minimum absolute atomic E-state index is 0.292. The van der Waals surface area contributed by atoms with Gasteiger partial charge in [-0.2, -0.15) is 4.98 Å². The van der Waals surface area contributed by atoms with Crippen LogP contribution in [0.3, 0.4) is 0 Å². The molecule has 2 N–H and O–H groups in total. The van der Waals surface area contributed by atoms with E-state index in [-0.39, 0.29) is 5.82 Å². The molecule has 0 radical (unpaired) electrons. The molecule has 2 aromatic rings. The molecule has 0 unspecified atom stereocenters. The van der Waals surface area contributed by atoms with Crippen molar-refractivity contribution in [2.45, 2.75) is 6.42 Å². The first-order chi connectivity index (χ1) is 9.74. The predicted molar refractivity (Wildman–Crippen MR) is 79.2 cm³/mol. The van der Waals surface area contributed by atoms with E-state index in [9.17, 15) is 4.39 Å². The van der Waals surface area contributed by atoms with Crippen LogP contribution in [-0.2, 0) is 0 Å². The fraction of sp³-hybridized carbons (Fsp3) is 0.385. The molecule has 1 fully saturated rings. The molecule has 1 aliphatic heterocycles. The van der Waals surface area contributed by atoms with Gasteiger partial charge in [0.25, 0.3) is 0 Å². The van der Waals surface area contributed by atoms with Crippen LogP contribution in [-0.4, -0.2) is 41.4 Å². The fourth-order valence-corrected chi connectivity index (χ4v) is 2.67. The Kier molecular flexibility index (Phi) is 3.98. The highest BCUT2D eigenvalue weighted by Gasteiger charge is 2.16. The van der Waals surface area contributed by atoms with E-state index in [4.69, 9.17) is 0 Å². The Morgan fingerprint density at radius 3 is 3.05 bits per heavy atom. The van der Waals surface area contributed by atoms with Gasteiger partial charge in [0, 0.05) is 29.7 Å². The molecule has 3 rings (SSSR count). The van der Waals surface area contributed by atoms with Crippen molar-refractivity contribution in [2.24, 2.45) is 0 Å². The van der Waals surface area contributed by atoms with Gasteiger partial charge in [-0.25, -0.2) is 4.39 Å². The Bertz CT molecular complexity index is 592. The number of rotatable bonds is 2. The first-order valence-electron chi connectivity index (χ1n) is 6.57. The quantitative estimate of drug-likeness (QED) is 0.880. The van der Waals surface area contributed by atoms with Gasteiger partial charge >= 0.3 is 0 Å². The number of nitrogens with one attached hydrogen (secondary N) is 2. The number of hydrogen-bond acceptors (Lipinski definition) is 4. The third kappa shape index (κ3) is 2.83. The van der Waals surface area contributed by atoms with Crippen molar-refractivity contribution in [3.05, 3.63) is 28.5 Å². The molecule has 0 aliphatic carbocycles. The highest BCUT2D eigenvalue weighted by atomic mass is 79.9. The lowest BCUT2D eigenvalue weighted by Crippen LogP contribution is -2.28. The lowest BCUT2D eigenvalue weighted by atomic mass is 10.2. The maximum Gasteiger partial charge on any atom is 0.245 e. The molecule has 20 heavy (non-hydrogen) atoms. The molecule has 0 bridgehead atoms. The van der Waals surface area contributed by atoms with E-state index in [2.05, 4.69) is 41.3 Å². The highest BCUT2D eigenvalue weighted by molar-refractivity contribution is 9.10. The normalized spacial score (nSPS) is 16.2. The zero-order valence-electron chi connectivity index (χ0n) is 10.9. The van der Waals surface area contributed by atoms with Crippen molar-refractivity contribution in [2.75, 3.05) is 31.1 Å². The molecule has 0 atom stereocenters. The number of anilines is 1. The highest BCUT2D eigenvalue weighted by Crippen LogP contribution is 2.27. The smallest absolute Gasteiger partial charge is 0.245 e. The summed E-state index contributed by atoms with van der Waals surface area (Å²) in [6.45, 7) is 3.74. The zero-order valence-corrected chi connectivity index (χ0v) is 12.5. The van der Waals surface area contributed by atoms with Crippen LogP contribution in [0.25, 0.3) is 11.4 Å². The monoisotopic (exact) mass is 339 g/mol. The molecule has 1 aromatic carbocycles. The van der Waals surface area contributed by atoms with Crippen LogP contribution in [0.5, 0.6) is 0 Å². The number of hydrogen-bond donors (Lipinski definition) is 2. The predicted octanol–water partition coefficient (Wildman–Crippen LogP) is 2.17. The molecular weight excluding hydrogens is 325 g/mol. The summed E-state index contributed by atoms with van der Waals surface area (Å²) < 4.78 is 14.1. The third-order valence-electron chi connectivity index (χ3n) is 3.28. The summed E-state index contributed by atoms with van der Waals surface area (Å²) in [6.07, 6.45) is 1.06. The van der Waals surface area contributed by atoms with Crippen molar-refractivity contribution < 1.29 is 4.39 Å². The maximum absolute atomic E-state index is 13.3. The van der Waals surface area contributed by atoms with Crippen molar-refractivity contribution in [1.82, 2.24) is 20.5 Å². The molecule has 0 saturated carbocycles. The Morgan fingerprint density at radius 2 is 2.15 bits per heavy atom. The van der Waals surface area contributed by atoms with Crippen LogP contribution in [0, 0.1) is 5.82 Å². The average molecular weight is 340 g/mol. The van der Waals surface area contributed by atoms with Crippen LogP contribution in [0.1, 0.15) is 6.42 Å². The second-order valence-corrected chi connectivity index (χ2v) is 5.55. The zero-order chi connectivity index (χ0) is 13.9. The summed E-state index contributed by atoms with van der Waals surface area (Å²) in [5, 5.41) is 10.5. The molecule has 2 heterocycles. The number of nitrogens with zero attached hydrogens (tertiary/aromatic N) is 3. The van der Waals surface area contributed by atoms with Crippen LogP contribution in [0.2, 0.25) is 0 Å². The number of benzene rings is 1. The molecule has 7 heteroatoms. The van der Waals surface area contributed by atoms with E-state index < -0.39 is 0 Å². The molecule has 0 spiro atoms. The van der Waals surface area contributed by atoms with Gasteiger partial charge in [-0.05, 0) is 31.2 Å². The van der Waals surface area contributed by atoms with Gasteiger partial charge in [0.05, 0.1) is 0 Å². The van der Waals surface area contributed by atoms with Crippen molar-refractivity contribution in [3.8, 4) is 11.4 Å². The summed E-state index contributed by atoms with van der Waals surface area (Å²) in [5.74, 6) is 0.948. The van der Waals surface area contributed by atoms with Gasteiger partial charge < -0.3 is 10.2 Å². The first-order valence-corrected chi connectivity index (χ1v) is 7.37. The number of halogens is 2. The second-order valence-electron chi connectivity index (χ2n) is 4.70. The maximum atomic E-state index is 13.3. The topological polar surface area (TPSA) is 56.8 Å². The summed E-state index contributed by atoms with van der Waals surface area (Å²) in [5.41, 5.74) is 0.677. The SMILES string of the molecule is Fc1ccc(Br)c(-c2nc(N3CCCNCC3)n[nH]2)c1. The van der Waals surface area contributed by atoms with Crippen LogP contribution in [0.4, 0.5) is 10.3 Å². The van der Waals surface area contributed by atoms with Gasteiger partial charge in [0.2, 0.25) is 5.95 Å². The van der Waals surface area contributed by atoms with Crippen LogP contribution in [0.15, 0.2) is 22.7 Å². The molecule has 5 nitrogen and oxygen atoms in total. The van der Waals surface area contributed by atoms with Crippen molar-refractivity contribution in [1.29, 1.82) is 0 Å². The minimum atomic E-state index is -0.292. The number of aromatic nitrogens is 3. The van der Waals surface area contributed by atoms with Gasteiger partial charge in [-0.15, -0.1) is 5.10 Å². The molecule has 0 amide bonds. The summed E-state index contributed by atoms with van der Waals surface area (Å²) >= 11 is 3.41. The first kappa shape index (κ1) is 13.5. The summed E-state index contributed by atoms with van der Waals surface area (Å²) in [7, 11) is 0. The summed E-state index contributed by atoms with van der Waals surface area (Å²) in [4.78, 5) is 6.61. The van der Waals surface area contributed by atoms with Crippen LogP contribution < -0.4 is 10.2 Å². The fourth-order valence-electron chi connectivity index (χ4n) is 2.24. The Balaban J connectivity index is 1.87. The van der Waals surface area contributed by atoms with Crippen molar-refractivity contribution in [3.63, 3.8) is 0 Å². The summed E-state index contributed by atoms with van der Waals surface area (Å²) in [6, 6.07) is 4.52. The average Bonchev–Trinajstić information content (AvgIpc) is 2.77. The molecule has 1 saturated heterocycles. The van der Waals surface area contributed by atoms with Crippen LogP contribution >= 0.6 is 15.9 Å². The lowest BCUT2D eigenvalue weighted by Gasteiger charge is -2.16. The van der Waals surface area contributed by atoms with Gasteiger partial charge in [0.1, 0.15) is 5.82 Å². The van der Waals surface area contributed by atoms with Gasteiger partial charge in [-0.1, -0.05) is 15.9 Å². The molecular formula is C13H15BrFN5. The number of H-pyrrole nitrogens is 1. The van der Waals surface area contributed by atoms with E-state index in [1.54, 1.807) is 6.07 Å². The van der Waals surface area contributed by atoms with Gasteiger partial charge in [0.15, 0.2) is 5.82 Å². The third-order valence-corrected chi connectivity index (χ3v) is 3.97. The minimum Gasteiger partial charge on any atom is -0.338 e. The molecule has 106 valence electrons. The van der Waals surface area contributed by atoms with E-state index in [1.807, 2.05) is 0 Å². The number of aromatic amines is 1. The Labute approximate surface area is 124 Å². The standard InChI is InChI=1S/C13H15BrFN5/c14-11-3-2-9(15)8-10(11)12-17-13(19-18-12)20-6-1-4-16-5-7-20/h2-3,8,16H,1,4-7H2,(H,17,18,19). The van der Waals surface area contributed by atoms with E-state index in [0.29, 0.717) is 17.3 Å². The van der Waals surface area contributed by atoms with E-state index in [0.717, 1.165) is 37.1 Å². The second kappa shape index (κ2) is 5.88. The van der Waals surface area contributed by atoms with Gasteiger partial charge in [-0.3, -0.25) is 5.10 Å². The molecule has 1 aliphatic rings. The van der Waals surface area contributed by atoms with E-state index in [1.165, 1.54) is 12.1 Å². The largest absolute Gasteiger partial charge is 0.338 e. The Morgan fingerprint density at radius 1 is 1.25 bits per heavy atom. The van der Waals surface area contributed by atoms with Crippen molar-refractivity contribution >= 4 is 21.9 Å². The Hall–Kier alpha value is -1.47. The van der Waals surface area contributed by atoms with E-state index >= 15 is 0 Å².